The molecule has 0 radical (unpaired) electrons. The van der Waals surface area contributed by atoms with Gasteiger partial charge >= 0.3 is 18.0 Å². The fraction of sp³-hybridized carbons (Fsp3) is 0.522. The lowest BCUT2D eigenvalue weighted by molar-refractivity contribution is -0.165. The smallest absolute Gasteiger partial charge is 0.407 e. The molecule has 1 heterocycles. The largest absolute Gasteiger partial charge is 0.479 e. The number of carbonyl (C=O) groups excluding carboxylic acids is 1. The Kier molecular flexibility index (Phi) is 11.8. The lowest BCUT2D eigenvalue weighted by atomic mass is 9.97. The molecule has 1 aliphatic heterocycles. The summed E-state index contributed by atoms with van der Waals surface area (Å²) in [5.41, 5.74) is 3.01. The molecule has 0 fully saturated rings. The van der Waals surface area contributed by atoms with E-state index in [9.17, 15) is 14.4 Å². The molecule has 0 bridgehead atoms. The SMILES string of the molecule is CC(C)(C)OC(=O)NCCC#Cc1c(Cl)ccc2c1CCNCC2.O=C(O)[C@H](O)[C@@H](O)C(=O)O. The molecule has 0 aromatic heterocycles. The van der Waals surface area contributed by atoms with Crippen LogP contribution in [0.15, 0.2) is 12.1 Å². The summed E-state index contributed by atoms with van der Waals surface area (Å²) in [5.74, 6) is 2.76. The molecule has 34 heavy (non-hydrogen) atoms. The number of rotatable bonds is 5. The first-order valence-corrected chi connectivity index (χ1v) is 11.0. The van der Waals surface area contributed by atoms with Gasteiger partial charge in [0.1, 0.15) is 5.60 Å². The Morgan fingerprint density at radius 3 is 2.26 bits per heavy atom. The fourth-order valence-electron chi connectivity index (χ4n) is 2.84. The number of carboxylic acid groups (broad SMARTS) is 2. The highest BCUT2D eigenvalue weighted by molar-refractivity contribution is 6.31. The van der Waals surface area contributed by atoms with Crippen LogP contribution < -0.4 is 10.6 Å². The van der Waals surface area contributed by atoms with Crippen LogP contribution in [0.2, 0.25) is 5.02 Å². The number of hydrogen-bond acceptors (Lipinski definition) is 7. The van der Waals surface area contributed by atoms with Gasteiger partial charge in [-0.2, -0.15) is 0 Å². The van der Waals surface area contributed by atoms with Crippen molar-refractivity contribution in [2.75, 3.05) is 19.6 Å². The molecule has 1 aliphatic rings. The zero-order chi connectivity index (χ0) is 25.9. The van der Waals surface area contributed by atoms with E-state index < -0.39 is 35.8 Å². The van der Waals surface area contributed by atoms with Crippen LogP contribution in [0.4, 0.5) is 4.79 Å². The normalized spacial score (nSPS) is 14.5. The second-order valence-corrected chi connectivity index (χ2v) is 8.76. The van der Waals surface area contributed by atoms with Crippen LogP contribution in [0.3, 0.4) is 0 Å². The summed E-state index contributed by atoms with van der Waals surface area (Å²) in [6, 6.07) is 4.02. The van der Waals surface area contributed by atoms with Crippen molar-refractivity contribution in [1.82, 2.24) is 10.6 Å². The Labute approximate surface area is 203 Å². The molecule has 1 aromatic rings. The van der Waals surface area contributed by atoms with E-state index >= 15 is 0 Å². The van der Waals surface area contributed by atoms with E-state index in [2.05, 4.69) is 28.5 Å². The number of carbonyl (C=O) groups is 3. The molecule has 0 aliphatic carbocycles. The third-order valence-electron chi connectivity index (χ3n) is 4.42. The fourth-order valence-corrected chi connectivity index (χ4v) is 3.07. The first-order valence-electron chi connectivity index (χ1n) is 10.6. The Morgan fingerprint density at radius 2 is 1.71 bits per heavy atom. The lowest BCUT2D eigenvalue weighted by Gasteiger charge is -2.19. The maximum Gasteiger partial charge on any atom is 0.407 e. The Balaban J connectivity index is 0.000000489. The highest BCUT2D eigenvalue weighted by atomic mass is 35.5. The number of halogens is 1. The van der Waals surface area contributed by atoms with Crippen molar-refractivity contribution in [3.8, 4) is 11.8 Å². The van der Waals surface area contributed by atoms with Gasteiger partial charge < -0.3 is 35.8 Å². The number of aliphatic carboxylic acids is 2. The van der Waals surface area contributed by atoms with Gasteiger partial charge in [0.05, 0.1) is 5.02 Å². The minimum atomic E-state index is -2.27. The van der Waals surface area contributed by atoms with Gasteiger partial charge in [-0.15, -0.1) is 0 Å². The summed E-state index contributed by atoms with van der Waals surface area (Å²) in [6.45, 7) is 7.90. The Bertz CT molecular complexity index is 915. The van der Waals surface area contributed by atoms with Gasteiger partial charge in [-0.1, -0.05) is 29.5 Å². The number of fused-ring (bicyclic) bond motifs is 1. The van der Waals surface area contributed by atoms with Crippen molar-refractivity contribution in [2.45, 2.75) is 57.8 Å². The molecule has 6 N–H and O–H groups in total. The van der Waals surface area contributed by atoms with Crippen molar-refractivity contribution in [2.24, 2.45) is 0 Å². The van der Waals surface area contributed by atoms with Gasteiger partial charge in [-0.3, -0.25) is 0 Å². The van der Waals surface area contributed by atoms with Crippen molar-refractivity contribution >= 4 is 29.6 Å². The summed E-state index contributed by atoms with van der Waals surface area (Å²) < 4.78 is 5.18. The first-order chi connectivity index (χ1) is 15.8. The molecule has 2 atom stereocenters. The van der Waals surface area contributed by atoms with E-state index in [1.165, 1.54) is 11.1 Å². The molecular formula is C23H31ClN2O8. The number of alkyl carbamates (subject to hydrolysis) is 1. The van der Waals surface area contributed by atoms with Crippen molar-refractivity contribution in [1.29, 1.82) is 0 Å². The molecule has 0 spiro atoms. The first kappa shape index (κ1) is 29.2. The maximum atomic E-state index is 11.6. The van der Waals surface area contributed by atoms with E-state index in [0.717, 1.165) is 31.5 Å². The highest BCUT2D eigenvalue weighted by Crippen LogP contribution is 2.24. The highest BCUT2D eigenvalue weighted by Gasteiger charge is 2.29. The number of aliphatic hydroxyl groups excluding tert-OH is 2. The predicted molar refractivity (Wildman–Crippen MR) is 125 cm³/mol. The quantitative estimate of drug-likeness (QED) is 0.258. The standard InChI is InChI=1S/C19H25ClN2O2.C4H6O6/c1-19(2,3)24-18(23)22-11-5-4-6-16-15-10-13-21-12-9-14(15)7-8-17(16)20;5-1(3(7)8)2(6)4(9)10/h7-8,21H,5,9-13H2,1-3H3,(H,22,23);1-2,5-6H,(H,7,8)(H,9,10)/t;1-,2-/m.1/s1. The van der Waals surface area contributed by atoms with Crippen LogP contribution in [0, 0.1) is 11.8 Å². The van der Waals surface area contributed by atoms with Gasteiger partial charge in [0.15, 0.2) is 12.2 Å². The second-order valence-electron chi connectivity index (χ2n) is 8.36. The van der Waals surface area contributed by atoms with Gasteiger partial charge in [0.25, 0.3) is 0 Å². The number of nitrogens with one attached hydrogen (secondary N) is 2. The zero-order valence-corrected chi connectivity index (χ0v) is 20.1. The van der Waals surface area contributed by atoms with Crippen molar-refractivity contribution in [3.63, 3.8) is 0 Å². The molecule has 1 amide bonds. The third kappa shape index (κ3) is 10.4. The van der Waals surface area contributed by atoms with Crippen LogP contribution in [0.25, 0.3) is 0 Å². The van der Waals surface area contributed by atoms with Crippen LogP contribution in [0.5, 0.6) is 0 Å². The van der Waals surface area contributed by atoms with E-state index in [1.807, 2.05) is 26.8 Å². The van der Waals surface area contributed by atoms with Crippen LogP contribution >= 0.6 is 11.6 Å². The number of hydrogen-bond donors (Lipinski definition) is 6. The number of benzene rings is 1. The summed E-state index contributed by atoms with van der Waals surface area (Å²) in [7, 11) is 0. The van der Waals surface area contributed by atoms with Crippen LogP contribution in [0.1, 0.15) is 43.9 Å². The number of carboxylic acids is 2. The van der Waals surface area contributed by atoms with Crippen LogP contribution in [-0.4, -0.2) is 75.9 Å². The topological polar surface area (TPSA) is 165 Å². The average molecular weight is 499 g/mol. The minimum Gasteiger partial charge on any atom is -0.479 e. The van der Waals surface area contributed by atoms with E-state index in [4.69, 9.17) is 36.8 Å². The van der Waals surface area contributed by atoms with E-state index in [0.29, 0.717) is 18.0 Å². The van der Waals surface area contributed by atoms with Gasteiger partial charge in [0, 0.05) is 18.5 Å². The van der Waals surface area contributed by atoms with Crippen molar-refractivity contribution < 1.29 is 39.5 Å². The molecule has 0 saturated carbocycles. The summed E-state index contributed by atoms with van der Waals surface area (Å²) in [6.07, 6.45) is -2.45. The minimum absolute atomic E-state index is 0.415. The average Bonchev–Trinajstić information content (AvgIpc) is 2.98. The molecule has 0 saturated heterocycles. The maximum absolute atomic E-state index is 11.6. The van der Waals surface area contributed by atoms with Gasteiger partial charge in [-0.25, -0.2) is 14.4 Å². The number of amides is 1. The summed E-state index contributed by atoms with van der Waals surface area (Å²) in [5, 5.41) is 39.3. The Morgan fingerprint density at radius 1 is 1.12 bits per heavy atom. The molecule has 188 valence electrons. The molecule has 10 nitrogen and oxygen atoms in total. The summed E-state index contributed by atoms with van der Waals surface area (Å²) >= 11 is 6.34. The molecular weight excluding hydrogens is 468 g/mol. The monoisotopic (exact) mass is 498 g/mol. The van der Waals surface area contributed by atoms with Crippen LogP contribution in [-0.2, 0) is 27.2 Å². The molecule has 11 heteroatoms. The Hall–Kier alpha value is -2.84. The third-order valence-corrected chi connectivity index (χ3v) is 4.73. The van der Waals surface area contributed by atoms with E-state index in [1.54, 1.807) is 0 Å². The number of aliphatic hydroxyl groups is 2. The van der Waals surface area contributed by atoms with Crippen molar-refractivity contribution in [3.05, 3.63) is 33.8 Å². The summed E-state index contributed by atoms with van der Waals surface area (Å²) in [4.78, 5) is 31.1. The molecule has 2 rings (SSSR count). The zero-order valence-electron chi connectivity index (χ0n) is 19.4. The van der Waals surface area contributed by atoms with E-state index in [-0.39, 0.29) is 0 Å². The second kappa shape index (κ2) is 13.8. The van der Waals surface area contributed by atoms with Gasteiger partial charge in [0.2, 0.25) is 0 Å². The molecule has 1 aromatic carbocycles. The molecule has 0 unspecified atom stereocenters. The lowest BCUT2D eigenvalue weighted by Crippen LogP contribution is -2.39. The predicted octanol–water partition coefficient (Wildman–Crippen LogP) is 1.17. The van der Waals surface area contributed by atoms with Gasteiger partial charge in [-0.05, 0) is 63.9 Å². The number of ether oxygens (including phenoxy) is 1.